The topological polar surface area (TPSA) is 64.3 Å². The Morgan fingerprint density at radius 3 is 2.42 bits per heavy atom. The van der Waals surface area contributed by atoms with E-state index in [0.29, 0.717) is 29.7 Å². The van der Waals surface area contributed by atoms with Crippen molar-refractivity contribution in [3.63, 3.8) is 0 Å². The highest BCUT2D eigenvalue weighted by Crippen LogP contribution is 2.31. The molecule has 2 N–H and O–H groups in total. The van der Waals surface area contributed by atoms with E-state index >= 15 is 0 Å². The van der Waals surface area contributed by atoms with Gasteiger partial charge < -0.3 is 15.4 Å². The van der Waals surface area contributed by atoms with Crippen LogP contribution in [0, 0.1) is 6.92 Å². The first-order valence-electron chi connectivity index (χ1n) is 7.73. The third-order valence-electron chi connectivity index (χ3n) is 3.69. The van der Waals surface area contributed by atoms with Crippen molar-refractivity contribution in [3.05, 3.63) is 72.1 Å². The average Bonchev–Trinajstić information content (AvgIpc) is 2.59. The highest BCUT2D eigenvalue weighted by molar-refractivity contribution is 5.68. The predicted octanol–water partition coefficient (Wildman–Crippen LogP) is 3.80. The lowest BCUT2D eigenvalue weighted by atomic mass is 10.2. The van der Waals surface area contributed by atoms with Crippen LogP contribution in [0.1, 0.15) is 11.1 Å². The van der Waals surface area contributed by atoms with Crippen LogP contribution in [-0.4, -0.2) is 17.0 Å². The molecule has 0 radical (unpaired) electrons. The molecule has 0 amide bonds. The molecule has 0 aliphatic heterocycles. The number of nitrogens with two attached hydrogens (primary N) is 1. The molecule has 5 nitrogen and oxygen atoms in total. The third-order valence-corrected chi connectivity index (χ3v) is 3.69. The van der Waals surface area contributed by atoms with Crippen molar-refractivity contribution >= 4 is 11.5 Å². The molecule has 0 saturated heterocycles. The van der Waals surface area contributed by atoms with Gasteiger partial charge in [0.05, 0.1) is 0 Å². The number of hydrogen-bond acceptors (Lipinski definition) is 5. The fourth-order valence-corrected chi connectivity index (χ4v) is 2.41. The lowest BCUT2D eigenvalue weighted by Gasteiger charge is -2.20. The largest absolute Gasteiger partial charge is 0.437 e. The second-order valence-electron chi connectivity index (χ2n) is 5.67. The summed E-state index contributed by atoms with van der Waals surface area (Å²) in [5, 5.41) is 0. The molecule has 24 heavy (non-hydrogen) atoms. The fraction of sp³-hybridized carbons (Fsp3) is 0.158. The van der Waals surface area contributed by atoms with E-state index in [1.54, 1.807) is 0 Å². The number of nitrogen functional groups attached to an aromatic ring is 1. The van der Waals surface area contributed by atoms with Crippen molar-refractivity contribution in [3.8, 4) is 11.6 Å². The van der Waals surface area contributed by atoms with Gasteiger partial charge in [-0.2, -0.15) is 4.98 Å². The normalized spacial score (nSPS) is 10.4. The van der Waals surface area contributed by atoms with Crippen LogP contribution in [0.15, 0.2) is 60.9 Å². The SMILES string of the molecule is Cc1ccc(Oc2ncnc(N(C)Cc3ccccc3)c2N)cc1. The van der Waals surface area contributed by atoms with Gasteiger partial charge in [-0.3, -0.25) is 0 Å². The number of nitrogens with zero attached hydrogens (tertiary/aromatic N) is 3. The Morgan fingerprint density at radius 1 is 1.00 bits per heavy atom. The average molecular weight is 320 g/mol. The van der Waals surface area contributed by atoms with Crippen molar-refractivity contribution < 1.29 is 4.74 Å². The Balaban J connectivity index is 1.81. The maximum absolute atomic E-state index is 6.22. The van der Waals surface area contributed by atoms with E-state index in [9.17, 15) is 0 Å². The molecule has 2 aromatic carbocycles. The van der Waals surface area contributed by atoms with Gasteiger partial charge in [0.15, 0.2) is 5.82 Å². The summed E-state index contributed by atoms with van der Waals surface area (Å²) < 4.78 is 5.80. The summed E-state index contributed by atoms with van der Waals surface area (Å²) in [6.07, 6.45) is 1.47. The van der Waals surface area contributed by atoms with E-state index in [-0.39, 0.29) is 0 Å². The van der Waals surface area contributed by atoms with Gasteiger partial charge in [-0.25, -0.2) is 4.98 Å². The molecule has 0 fully saturated rings. The number of anilines is 2. The highest BCUT2D eigenvalue weighted by Gasteiger charge is 2.14. The van der Waals surface area contributed by atoms with Crippen molar-refractivity contribution in [2.45, 2.75) is 13.5 Å². The monoisotopic (exact) mass is 320 g/mol. The molecular formula is C19H20N4O. The van der Waals surface area contributed by atoms with E-state index in [1.807, 2.05) is 61.3 Å². The molecule has 0 aliphatic carbocycles. The second kappa shape index (κ2) is 7.00. The van der Waals surface area contributed by atoms with E-state index in [1.165, 1.54) is 17.5 Å². The van der Waals surface area contributed by atoms with E-state index in [0.717, 1.165) is 0 Å². The van der Waals surface area contributed by atoms with Crippen molar-refractivity contribution in [2.24, 2.45) is 0 Å². The van der Waals surface area contributed by atoms with Crippen molar-refractivity contribution in [2.75, 3.05) is 17.7 Å². The number of hydrogen-bond donors (Lipinski definition) is 1. The minimum absolute atomic E-state index is 0.365. The molecule has 0 bridgehead atoms. The molecule has 122 valence electrons. The third kappa shape index (κ3) is 3.63. The van der Waals surface area contributed by atoms with Gasteiger partial charge in [-0.1, -0.05) is 48.0 Å². The molecule has 1 heterocycles. The second-order valence-corrected chi connectivity index (χ2v) is 5.67. The zero-order valence-corrected chi connectivity index (χ0v) is 13.8. The molecule has 3 rings (SSSR count). The van der Waals surface area contributed by atoms with Gasteiger partial charge >= 0.3 is 0 Å². The first-order chi connectivity index (χ1) is 11.6. The molecular weight excluding hydrogens is 300 g/mol. The lowest BCUT2D eigenvalue weighted by Crippen LogP contribution is -2.19. The van der Waals surface area contributed by atoms with Crippen LogP contribution in [-0.2, 0) is 6.54 Å². The number of rotatable bonds is 5. The Labute approximate surface area is 141 Å². The number of aryl methyl sites for hydroxylation is 1. The van der Waals surface area contributed by atoms with Gasteiger partial charge in [0.1, 0.15) is 17.8 Å². The Bertz CT molecular complexity index is 803. The molecule has 0 saturated carbocycles. The standard InChI is InChI=1S/C19H20N4O/c1-14-8-10-16(11-9-14)24-19-17(20)18(21-13-22-19)23(2)12-15-6-4-3-5-7-15/h3-11,13H,12,20H2,1-2H3. The van der Waals surface area contributed by atoms with Crippen LogP contribution in [0.25, 0.3) is 0 Å². The summed E-state index contributed by atoms with van der Waals surface area (Å²) in [6, 6.07) is 17.9. The van der Waals surface area contributed by atoms with Crippen LogP contribution >= 0.6 is 0 Å². The summed E-state index contributed by atoms with van der Waals surface area (Å²) in [7, 11) is 1.95. The fourth-order valence-electron chi connectivity index (χ4n) is 2.41. The number of ether oxygens (including phenoxy) is 1. The zero-order chi connectivity index (χ0) is 16.9. The smallest absolute Gasteiger partial charge is 0.248 e. The predicted molar refractivity (Wildman–Crippen MR) is 96.2 cm³/mol. The molecule has 0 spiro atoms. The lowest BCUT2D eigenvalue weighted by molar-refractivity contribution is 0.464. The maximum atomic E-state index is 6.22. The molecule has 1 aromatic heterocycles. The van der Waals surface area contributed by atoms with Crippen LogP contribution < -0.4 is 15.4 Å². The Hall–Kier alpha value is -3.08. The maximum Gasteiger partial charge on any atom is 0.248 e. The summed E-state index contributed by atoms with van der Waals surface area (Å²) in [5.74, 6) is 1.71. The number of benzene rings is 2. The van der Waals surface area contributed by atoms with Gasteiger partial charge in [0.2, 0.25) is 5.88 Å². The van der Waals surface area contributed by atoms with E-state index < -0.39 is 0 Å². The quantitative estimate of drug-likeness (QED) is 0.774. The highest BCUT2D eigenvalue weighted by atomic mass is 16.5. The first-order valence-corrected chi connectivity index (χ1v) is 7.73. The van der Waals surface area contributed by atoms with Crippen LogP contribution in [0.4, 0.5) is 11.5 Å². The number of aromatic nitrogens is 2. The minimum atomic E-state index is 0.365. The van der Waals surface area contributed by atoms with Gasteiger partial charge in [0, 0.05) is 13.6 Å². The van der Waals surface area contributed by atoms with Crippen molar-refractivity contribution in [1.82, 2.24) is 9.97 Å². The molecule has 5 heteroatoms. The summed E-state index contributed by atoms with van der Waals surface area (Å²) in [5.41, 5.74) is 9.00. The minimum Gasteiger partial charge on any atom is -0.437 e. The zero-order valence-electron chi connectivity index (χ0n) is 13.8. The Kier molecular flexibility index (Phi) is 4.61. The molecule has 0 aliphatic rings. The summed E-state index contributed by atoms with van der Waals surface area (Å²) >= 11 is 0. The molecule has 3 aromatic rings. The van der Waals surface area contributed by atoms with Crippen LogP contribution in [0.3, 0.4) is 0 Å². The first kappa shape index (κ1) is 15.8. The van der Waals surface area contributed by atoms with E-state index in [4.69, 9.17) is 10.5 Å². The van der Waals surface area contributed by atoms with Crippen LogP contribution in [0.5, 0.6) is 11.6 Å². The van der Waals surface area contributed by atoms with Gasteiger partial charge in [0.25, 0.3) is 0 Å². The summed E-state index contributed by atoms with van der Waals surface area (Å²) in [4.78, 5) is 10.4. The van der Waals surface area contributed by atoms with Gasteiger partial charge in [-0.15, -0.1) is 0 Å². The van der Waals surface area contributed by atoms with Crippen molar-refractivity contribution in [1.29, 1.82) is 0 Å². The Morgan fingerprint density at radius 2 is 1.71 bits per heavy atom. The van der Waals surface area contributed by atoms with Gasteiger partial charge in [-0.05, 0) is 24.6 Å². The van der Waals surface area contributed by atoms with E-state index in [2.05, 4.69) is 22.1 Å². The van der Waals surface area contributed by atoms with Crippen LogP contribution in [0.2, 0.25) is 0 Å². The molecule has 0 atom stereocenters. The molecule has 0 unspecified atom stereocenters. The summed E-state index contributed by atoms with van der Waals surface area (Å²) in [6.45, 7) is 2.73.